The molecule has 18 heavy (non-hydrogen) atoms. The van der Waals surface area contributed by atoms with E-state index in [-0.39, 0.29) is 18.5 Å². The van der Waals surface area contributed by atoms with Crippen LogP contribution in [0.1, 0.15) is 51.9 Å². The van der Waals surface area contributed by atoms with Crippen molar-refractivity contribution in [3.8, 4) is 0 Å². The molecule has 0 bridgehead atoms. The van der Waals surface area contributed by atoms with Crippen molar-refractivity contribution >= 4 is 12.0 Å². The zero-order valence-electron chi connectivity index (χ0n) is 11.1. The van der Waals surface area contributed by atoms with Crippen LogP contribution in [0.2, 0.25) is 0 Å². The smallest absolute Gasteiger partial charge is 0.315 e. The first kappa shape index (κ1) is 14.8. The number of carbonyl (C=O) groups excluding carboxylic acids is 1. The standard InChI is InChI=1S/C13H24N2O3/c1-2-5-11(10-6-3-7-10)15-13(18)14-9-4-8-12(16)17/h10-11H,2-9H2,1H3,(H,16,17)(H2,14,15,18). The van der Waals surface area contributed by atoms with Crippen LogP contribution >= 0.6 is 0 Å². The molecule has 2 amide bonds. The minimum atomic E-state index is -0.824. The van der Waals surface area contributed by atoms with E-state index in [1.165, 1.54) is 19.3 Å². The first-order valence-electron chi connectivity index (χ1n) is 6.89. The first-order valence-corrected chi connectivity index (χ1v) is 6.89. The van der Waals surface area contributed by atoms with E-state index in [2.05, 4.69) is 17.6 Å². The van der Waals surface area contributed by atoms with E-state index in [4.69, 9.17) is 5.11 Å². The third-order valence-electron chi connectivity index (χ3n) is 3.49. The van der Waals surface area contributed by atoms with Gasteiger partial charge in [0.05, 0.1) is 0 Å². The molecule has 5 heteroatoms. The minimum Gasteiger partial charge on any atom is -0.481 e. The molecule has 0 heterocycles. The Bertz CT molecular complexity index is 277. The Balaban J connectivity index is 2.17. The molecule has 0 spiro atoms. The fourth-order valence-corrected chi connectivity index (χ4v) is 2.24. The number of amides is 2. The molecule has 1 rings (SSSR count). The Morgan fingerprint density at radius 1 is 1.39 bits per heavy atom. The number of carboxylic acids is 1. The van der Waals surface area contributed by atoms with Gasteiger partial charge in [0.1, 0.15) is 0 Å². The summed E-state index contributed by atoms with van der Waals surface area (Å²) in [4.78, 5) is 22.0. The highest BCUT2D eigenvalue weighted by molar-refractivity contribution is 5.74. The monoisotopic (exact) mass is 256 g/mol. The van der Waals surface area contributed by atoms with Crippen LogP contribution in [0.25, 0.3) is 0 Å². The van der Waals surface area contributed by atoms with E-state index < -0.39 is 5.97 Å². The van der Waals surface area contributed by atoms with Crippen LogP contribution in [0.4, 0.5) is 4.79 Å². The number of carboxylic acid groups (broad SMARTS) is 1. The molecule has 0 radical (unpaired) electrons. The highest BCUT2D eigenvalue weighted by atomic mass is 16.4. The maximum Gasteiger partial charge on any atom is 0.315 e. The summed E-state index contributed by atoms with van der Waals surface area (Å²) in [5, 5.41) is 14.2. The Hall–Kier alpha value is -1.26. The van der Waals surface area contributed by atoms with Crippen molar-refractivity contribution in [2.45, 2.75) is 57.9 Å². The summed E-state index contributed by atoms with van der Waals surface area (Å²) >= 11 is 0. The summed E-state index contributed by atoms with van der Waals surface area (Å²) in [6.07, 6.45) is 6.36. The summed E-state index contributed by atoms with van der Waals surface area (Å²) in [7, 11) is 0. The number of aliphatic carboxylic acids is 1. The second-order valence-corrected chi connectivity index (χ2v) is 4.98. The van der Waals surface area contributed by atoms with E-state index >= 15 is 0 Å². The molecular formula is C13H24N2O3. The lowest BCUT2D eigenvalue weighted by Gasteiger charge is -2.34. The van der Waals surface area contributed by atoms with Gasteiger partial charge < -0.3 is 15.7 Å². The molecular weight excluding hydrogens is 232 g/mol. The van der Waals surface area contributed by atoms with E-state index in [1.54, 1.807) is 0 Å². The maximum absolute atomic E-state index is 11.6. The lowest BCUT2D eigenvalue weighted by atomic mass is 9.78. The molecule has 1 atom stereocenters. The molecule has 3 N–H and O–H groups in total. The van der Waals surface area contributed by atoms with Crippen molar-refractivity contribution in [1.29, 1.82) is 0 Å². The third kappa shape index (κ3) is 5.38. The van der Waals surface area contributed by atoms with Crippen molar-refractivity contribution in [2.24, 2.45) is 5.92 Å². The quantitative estimate of drug-likeness (QED) is 0.582. The fourth-order valence-electron chi connectivity index (χ4n) is 2.24. The molecule has 5 nitrogen and oxygen atoms in total. The average molecular weight is 256 g/mol. The summed E-state index contributed by atoms with van der Waals surface area (Å²) < 4.78 is 0. The van der Waals surface area contributed by atoms with Gasteiger partial charge >= 0.3 is 12.0 Å². The molecule has 0 aromatic rings. The van der Waals surface area contributed by atoms with Crippen molar-refractivity contribution in [3.05, 3.63) is 0 Å². The van der Waals surface area contributed by atoms with Gasteiger partial charge in [-0.05, 0) is 31.6 Å². The molecule has 0 aliphatic heterocycles. The van der Waals surface area contributed by atoms with Gasteiger partial charge in [0, 0.05) is 19.0 Å². The number of hydrogen-bond acceptors (Lipinski definition) is 2. The lowest BCUT2D eigenvalue weighted by molar-refractivity contribution is -0.137. The van der Waals surface area contributed by atoms with Crippen LogP contribution in [-0.2, 0) is 4.79 Å². The highest BCUT2D eigenvalue weighted by Crippen LogP contribution is 2.31. The summed E-state index contributed by atoms with van der Waals surface area (Å²) in [6.45, 7) is 2.54. The SMILES string of the molecule is CCCC(NC(=O)NCCCC(=O)O)C1CCC1. The molecule has 0 aromatic carbocycles. The van der Waals surface area contributed by atoms with E-state index in [9.17, 15) is 9.59 Å². The van der Waals surface area contributed by atoms with Crippen LogP contribution in [0.15, 0.2) is 0 Å². The third-order valence-corrected chi connectivity index (χ3v) is 3.49. The Morgan fingerprint density at radius 2 is 2.11 bits per heavy atom. The summed E-state index contributed by atoms with van der Waals surface area (Å²) in [5.41, 5.74) is 0. The Labute approximate surface area is 108 Å². The minimum absolute atomic E-state index is 0.0985. The molecule has 0 aromatic heterocycles. The van der Waals surface area contributed by atoms with Gasteiger partial charge in [0.2, 0.25) is 0 Å². The van der Waals surface area contributed by atoms with Crippen LogP contribution in [0.5, 0.6) is 0 Å². The van der Waals surface area contributed by atoms with E-state index in [1.807, 2.05) is 0 Å². The van der Waals surface area contributed by atoms with Gasteiger partial charge in [-0.1, -0.05) is 19.8 Å². The van der Waals surface area contributed by atoms with Gasteiger partial charge in [-0.3, -0.25) is 4.79 Å². The van der Waals surface area contributed by atoms with Crippen LogP contribution in [-0.4, -0.2) is 29.7 Å². The fraction of sp³-hybridized carbons (Fsp3) is 0.846. The Morgan fingerprint density at radius 3 is 2.61 bits per heavy atom. The zero-order valence-corrected chi connectivity index (χ0v) is 11.1. The topological polar surface area (TPSA) is 78.4 Å². The molecule has 1 aliphatic rings. The average Bonchev–Trinajstić information content (AvgIpc) is 2.22. The summed E-state index contributed by atoms with van der Waals surface area (Å²) in [5.74, 6) is -0.190. The second-order valence-electron chi connectivity index (χ2n) is 4.98. The number of carbonyl (C=O) groups is 2. The Kier molecular flexibility index (Phi) is 6.54. The highest BCUT2D eigenvalue weighted by Gasteiger charge is 2.27. The van der Waals surface area contributed by atoms with E-state index in [0.717, 1.165) is 12.8 Å². The molecule has 1 saturated carbocycles. The first-order chi connectivity index (χ1) is 8.63. The predicted molar refractivity (Wildman–Crippen MR) is 69.4 cm³/mol. The number of nitrogens with one attached hydrogen (secondary N) is 2. The van der Waals surface area contributed by atoms with E-state index in [0.29, 0.717) is 18.9 Å². The maximum atomic E-state index is 11.6. The van der Waals surface area contributed by atoms with Gasteiger partial charge in [0.15, 0.2) is 0 Å². The molecule has 104 valence electrons. The van der Waals surface area contributed by atoms with Crippen molar-refractivity contribution in [3.63, 3.8) is 0 Å². The molecule has 1 unspecified atom stereocenters. The van der Waals surface area contributed by atoms with Crippen LogP contribution < -0.4 is 10.6 Å². The molecule has 1 aliphatic carbocycles. The summed E-state index contributed by atoms with van der Waals surface area (Å²) in [6, 6.07) is 0.119. The van der Waals surface area contributed by atoms with Crippen LogP contribution in [0.3, 0.4) is 0 Å². The van der Waals surface area contributed by atoms with Gasteiger partial charge in [-0.25, -0.2) is 4.79 Å². The predicted octanol–water partition coefficient (Wildman–Crippen LogP) is 2.12. The molecule has 0 saturated heterocycles. The van der Waals surface area contributed by atoms with Crippen molar-refractivity contribution < 1.29 is 14.7 Å². The van der Waals surface area contributed by atoms with Crippen molar-refractivity contribution in [1.82, 2.24) is 10.6 Å². The van der Waals surface area contributed by atoms with Gasteiger partial charge in [0.25, 0.3) is 0 Å². The molecule has 1 fully saturated rings. The number of hydrogen-bond donors (Lipinski definition) is 3. The number of rotatable bonds is 8. The number of urea groups is 1. The second kappa shape index (κ2) is 7.95. The van der Waals surface area contributed by atoms with Gasteiger partial charge in [-0.15, -0.1) is 0 Å². The zero-order chi connectivity index (χ0) is 13.4. The lowest BCUT2D eigenvalue weighted by Crippen LogP contribution is -2.47. The largest absolute Gasteiger partial charge is 0.481 e. The van der Waals surface area contributed by atoms with Crippen molar-refractivity contribution in [2.75, 3.05) is 6.54 Å². The van der Waals surface area contributed by atoms with Gasteiger partial charge in [-0.2, -0.15) is 0 Å². The van der Waals surface area contributed by atoms with Crippen LogP contribution in [0, 0.1) is 5.92 Å². The normalized spacial score (nSPS) is 16.7.